The summed E-state index contributed by atoms with van der Waals surface area (Å²) >= 11 is 0. The fourth-order valence-corrected chi connectivity index (χ4v) is 1.62. The molecular formula is C14H10NO2. The van der Waals surface area contributed by atoms with Gasteiger partial charge in [0.1, 0.15) is 0 Å². The van der Waals surface area contributed by atoms with Crippen LogP contribution in [0.15, 0.2) is 48.5 Å². The number of carbonyl (C=O) groups is 1. The summed E-state index contributed by atoms with van der Waals surface area (Å²) in [7, 11) is 0. The van der Waals surface area contributed by atoms with Gasteiger partial charge in [-0.2, -0.15) is 0 Å². The molecule has 0 amide bonds. The van der Waals surface area contributed by atoms with Gasteiger partial charge in [-0.05, 0) is 12.1 Å². The molecule has 0 saturated carbocycles. The van der Waals surface area contributed by atoms with Gasteiger partial charge in [-0.3, -0.25) is 9.59 Å². The van der Waals surface area contributed by atoms with Crippen molar-refractivity contribution in [3.05, 3.63) is 65.2 Å². The second-order valence-electron chi connectivity index (χ2n) is 3.56. The summed E-state index contributed by atoms with van der Waals surface area (Å²) in [5.74, 6) is -0.262. The monoisotopic (exact) mass is 224 g/mol. The Labute approximate surface area is 98.9 Å². The van der Waals surface area contributed by atoms with Gasteiger partial charge in [0, 0.05) is 22.4 Å². The van der Waals surface area contributed by atoms with E-state index in [1.165, 1.54) is 0 Å². The normalized spacial score (nSPS) is 9.88. The number of para-hydroxylation sites is 1. The van der Waals surface area contributed by atoms with Crippen molar-refractivity contribution < 1.29 is 9.59 Å². The highest BCUT2D eigenvalue weighted by Crippen LogP contribution is 2.18. The molecule has 0 aliphatic rings. The van der Waals surface area contributed by atoms with Crippen molar-refractivity contribution in [2.24, 2.45) is 0 Å². The van der Waals surface area contributed by atoms with E-state index in [4.69, 9.17) is 5.73 Å². The predicted octanol–water partition coefficient (Wildman–Crippen LogP) is 1.96. The van der Waals surface area contributed by atoms with Gasteiger partial charge in [-0.1, -0.05) is 36.4 Å². The molecule has 17 heavy (non-hydrogen) atoms. The summed E-state index contributed by atoms with van der Waals surface area (Å²) in [4.78, 5) is 22.9. The molecule has 0 fully saturated rings. The molecular weight excluding hydrogens is 214 g/mol. The number of nitrogens with two attached hydrogens (primary N) is 1. The molecule has 0 heterocycles. The SMILES string of the molecule is Nc1ccccc1C(=O)c1ccccc1[C]=O. The Morgan fingerprint density at radius 1 is 0.941 bits per heavy atom. The Kier molecular flexibility index (Phi) is 3.01. The fourth-order valence-electron chi connectivity index (χ4n) is 1.62. The van der Waals surface area contributed by atoms with Gasteiger partial charge in [0.2, 0.25) is 6.29 Å². The van der Waals surface area contributed by atoms with Crippen LogP contribution in [0.4, 0.5) is 5.69 Å². The highest BCUT2D eigenvalue weighted by molar-refractivity contribution is 6.15. The molecule has 2 aromatic rings. The maximum atomic E-state index is 12.2. The molecule has 2 rings (SSSR count). The minimum Gasteiger partial charge on any atom is -0.398 e. The molecule has 0 aliphatic carbocycles. The second kappa shape index (κ2) is 4.61. The summed E-state index contributed by atoms with van der Waals surface area (Å²) < 4.78 is 0. The van der Waals surface area contributed by atoms with Gasteiger partial charge in [0.25, 0.3) is 0 Å². The molecule has 0 saturated heterocycles. The zero-order chi connectivity index (χ0) is 12.3. The third-order valence-corrected chi connectivity index (χ3v) is 2.49. The first kappa shape index (κ1) is 11.1. The average Bonchev–Trinajstić information content (AvgIpc) is 2.38. The lowest BCUT2D eigenvalue weighted by atomic mass is 9.98. The predicted molar refractivity (Wildman–Crippen MR) is 65.5 cm³/mol. The van der Waals surface area contributed by atoms with Crippen LogP contribution < -0.4 is 5.73 Å². The van der Waals surface area contributed by atoms with E-state index in [1.54, 1.807) is 54.8 Å². The van der Waals surface area contributed by atoms with E-state index >= 15 is 0 Å². The number of rotatable bonds is 3. The van der Waals surface area contributed by atoms with E-state index < -0.39 is 0 Å². The van der Waals surface area contributed by atoms with Crippen LogP contribution in [0.2, 0.25) is 0 Å². The molecule has 3 heteroatoms. The molecule has 0 bridgehead atoms. The molecule has 3 nitrogen and oxygen atoms in total. The summed E-state index contributed by atoms with van der Waals surface area (Å²) in [5, 5.41) is 0. The number of nitrogen functional groups attached to an aromatic ring is 1. The Morgan fingerprint density at radius 3 is 2.18 bits per heavy atom. The maximum Gasteiger partial charge on any atom is 0.234 e. The summed E-state index contributed by atoms with van der Waals surface area (Å²) in [6.07, 6.45) is 1.75. The summed E-state index contributed by atoms with van der Waals surface area (Å²) in [5.41, 5.74) is 7.10. The van der Waals surface area contributed by atoms with E-state index in [0.717, 1.165) is 0 Å². The van der Waals surface area contributed by atoms with Crippen LogP contribution in [-0.4, -0.2) is 12.1 Å². The smallest absolute Gasteiger partial charge is 0.234 e. The van der Waals surface area contributed by atoms with Crippen LogP contribution in [-0.2, 0) is 4.79 Å². The van der Waals surface area contributed by atoms with Crippen molar-refractivity contribution in [1.29, 1.82) is 0 Å². The van der Waals surface area contributed by atoms with Gasteiger partial charge in [-0.15, -0.1) is 0 Å². The number of hydrogen-bond donors (Lipinski definition) is 1. The van der Waals surface area contributed by atoms with Gasteiger partial charge in [0.15, 0.2) is 5.78 Å². The first-order valence-corrected chi connectivity index (χ1v) is 5.10. The largest absolute Gasteiger partial charge is 0.398 e. The molecule has 0 spiro atoms. The molecule has 0 atom stereocenters. The second-order valence-corrected chi connectivity index (χ2v) is 3.56. The Balaban J connectivity index is 2.51. The highest BCUT2D eigenvalue weighted by atomic mass is 16.1. The Morgan fingerprint density at radius 2 is 1.53 bits per heavy atom. The standard InChI is InChI=1S/C14H10NO2/c15-13-8-4-3-7-12(13)14(17)11-6-2-1-5-10(11)9-16/h1-8H,15H2. The number of anilines is 1. The molecule has 0 unspecified atom stereocenters. The van der Waals surface area contributed by atoms with Gasteiger partial charge in [-0.25, -0.2) is 0 Å². The summed E-state index contributed by atoms with van der Waals surface area (Å²) in [6.45, 7) is 0. The van der Waals surface area contributed by atoms with Crippen molar-refractivity contribution in [1.82, 2.24) is 0 Å². The van der Waals surface area contributed by atoms with Gasteiger partial charge < -0.3 is 5.73 Å². The van der Waals surface area contributed by atoms with E-state index in [9.17, 15) is 9.59 Å². The van der Waals surface area contributed by atoms with E-state index in [0.29, 0.717) is 16.8 Å². The first-order chi connectivity index (χ1) is 8.24. The zero-order valence-corrected chi connectivity index (χ0v) is 9.01. The Bertz CT molecular complexity index is 576. The average molecular weight is 224 g/mol. The zero-order valence-electron chi connectivity index (χ0n) is 9.01. The van der Waals surface area contributed by atoms with Crippen LogP contribution in [0.3, 0.4) is 0 Å². The fraction of sp³-hybridized carbons (Fsp3) is 0. The maximum absolute atomic E-state index is 12.2. The third-order valence-electron chi connectivity index (χ3n) is 2.49. The highest BCUT2D eigenvalue weighted by Gasteiger charge is 2.15. The number of carbonyl (C=O) groups excluding carboxylic acids is 2. The van der Waals surface area contributed by atoms with Crippen molar-refractivity contribution in [3.63, 3.8) is 0 Å². The molecule has 2 aromatic carbocycles. The number of ketones is 1. The minimum atomic E-state index is -0.262. The lowest BCUT2D eigenvalue weighted by molar-refractivity contribution is 0.103. The molecule has 2 N–H and O–H groups in total. The van der Waals surface area contributed by atoms with Crippen LogP contribution in [0.25, 0.3) is 0 Å². The van der Waals surface area contributed by atoms with E-state index in [-0.39, 0.29) is 11.3 Å². The Hall–Kier alpha value is -2.42. The quantitative estimate of drug-likeness (QED) is 0.640. The van der Waals surface area contributed by atoms with Crippen LogP contribution in [0, 0.1) is 0 Å². The van der Waals surface area contributed by atoms with Crippen molar-refractivity contribution in [3.8, 4) is 0 Å². The molecule has 83 valence electrons. The van der Waals surface area contributed by atoms with Crippen LogP contribution in [0.1, 0.15) is 21.5 Å². The van der Waals surface area contributed by atoms with Crippen molar-refractivity contribution >= 4 is 17.8 Å². The lowest BCUT2D eigenvalue weighted by Gasteiger charge is -2.05. The number of benzene rings is 2. The van der Waals surface area contributed by atoms with Crippen molar-refractivity contribution in [2.75, 3.05) is 5.73 Å². The summed E-state index contributed by atoms with van der Waals surface area (Å²) in [6, 6.07) is 13.3. The van der Waals surface area contributed by atoms with Crippen LogP contribution >= 0.6 is 0 Å². The van der Waals surface area contributed by atoms with Gasteiger partial charge in [0.05, 0.1) is 0 Å². The van der Waals surface area contributed by atoms with Crippen LogP contribution in [0.5, 0.6) is 0 Å². The molecule has 1 radical (unpaired) electrons. The van der Waals surface area contributed by atoms with E-state index in [1.807, 2.05) is 0 Å². The minimum absolute atomic E-state index is 0.251. The van der Waals surface area contributed by atoms with Gasteiger partial charge >= 0.3 is 0 Å². The third kappa shape index (κ3) is 2.08. The first-order valence-electron chi connectivity index (χ1n) is 5.10. The molecule has 0 aromatic heterocycles. The molecule has 0 aliphatic heterocycles. The number of hydrogen-bond acceptors (Lipinski definition) is 3. The van der Waals surface area contributed by atoms with Crippen molar-refractivity contribution in [2.45, 2.75) is 0 Å². The van der Waals surface area contributed by atoms with E-state index in [2.05, 4.69) is 0 Å². The topological polar surface area (TPSA) is 60.2 Å². The lowest BCUT2D eigenvalue weighted by Crippen LogP contribution is -2.07.